The van der Waals surface area contributed by atoms with Crippen LogP contribution in [0.2, 0.25) is 0 Å². The number of nitrogens with zero attached hydrogens (tertiary/aromatic N) is 2. The second-order valence-electron chi connectivity index (χ2n) is 5.19. The molecule has 2 rings (SSSR count). The van der Waals surface area contributed by atoms with Gasteiger partial charge >= 0.3 is 0 Å². The Balaban J connectivity index is 2.20. The first-order valence-corrected chi connectivity index (χ1v) is 7.30. The highest BCUT2D eigenvalue weighted by atomic mass is 16.5. The number of rotatable bonds is 4. The van der Waals surface area contributed by atoms with Crippen molar-refractivity contribution in [3.05, 3.63) is 29.3 Å². The first-order chi connectivity index (χ1) is 10.2. The van der Waals surface area contributed by atoms with Gasteiger partial charge in [0.15, 0.2) is 0 Å². The summed E-state index contributed by atoms with van der Waals surface area (Å²) in [6.45, 7) is 6.30. The number of anilines is 1. The van der Waals surface area contributed by atoms with E-state index < -0.39 is 0 Å². The van der Waals surface area contributed by atoms with E-state index in [-0.39, 0.29) is 11.9 Å². The smallest absolute Gasteiger partial charge is 0.245 e. The van der Waals surface area contributed by atoms with E-state index in [4.69, 9.17) is 10.00 Å². The third-order valence-electron chi connectivity index (χ3n) is 3.64. The normalized spacial score (nSPS) is 18.1. The maximum absolute atomic E-state index is 12.3. The van der Waals surface area contributed by atoms with Crippen molar-refractivity contribution in [2.24, 2.45) is 0 Å². The topological polar surface area (TPSA) is 65.4 Å². The highest BCUT2D eigenvalue weighted by molar-refractivity contribution is 5.85. The lowest BCUT2D eigenvalue weighted by molar-refractivity contribution is -0.124. The van der Waals surface area contributed by atoms with Crippen molar-refractivity contribution >= 4 is 11.6 Å². The maximum atomic E-state index is 12.3. The molecule has 1 fully saturated rings. The predicted molar refractivity (Wildman–Crippen MR) is 81.1 cm³/mol. The van der Waals surface area contributed by atoms with Gasteiger partial charge in [0.2, 0.25) is 5.91 Å². The van der Waals surface area contributed by atoms with Crippen molar-refractivity contribution in [2.45, 2.75) is 26.3 Å². The highest BCUT2D eigenvalue weighted by Gasteiger charge is 2.29. The molecule has 1 aliphatic rings. The molecule has 1 atom stereocenters. The Kier molecular flexibility index (Phi) is 5.18. The molecule has 112 valence electrons. The van der Waals surface area contributed by atoms with E-state index in [1.807, 2.05) is 26.0 Å². The van der Waals surface area contributed by atoms with Gasteiger partial charge in [0, 0.05) is 18.8 Å². The molecule has 1 aromatic rings. The van der Waals surface area contributed by atoms with Crippen molar-refractivity contribution in [3.8, 4) is 6.07 Å². The zero-order valence-corrected chi connectivity index (χ0v) is 12.6. The SMILES string of the molecule is CCCNC(=O)C1COCCN1c1ccc(C#N)c(C)c1. The predicted octanol–water partition coefficient (Wildman–Crippen LogP) is 1.60. The van der Waals surface area contributed by atoms with Crippen molar-refractivity contribution in [2.75, 3.05) is 31.2 Å². The second kappa shape index (κ2) is 7.09. The molecule has 0 bridgehead atoms. The number of ether oxygens (including phenoxy) is 1. The number of nitriles is 1. The van der Waals surface area contributed by atoms with Crippen LogP contribution < -0.4 is 10.2 Å². The lowest BCUT2D eigenvalue weighted by Gasteiger charge is -2.36. The minimum atomic E-state index is -0.308. The van der Waals surface area contributed by atoms with Gasteiger partial charge in [0.25, 0.3) is 0 Å². The zero-order chi connectivity index (χ0) is 15.2. The molecule has 0 aromatic heterocycles. The zero-order valence-electron chi connectivity index (χ0n) is 12.6. The van der Waals surface area contributed by atoms with Crippen LogP contribution in [0, 0.1) is 18.3 Å². The molecule has 1 heterocycles. The van der Waals surface area contributed by atoms with Crippen LogP contribution in [-0.4, -0.2) is 38.3 Å². The lowest BCUT2D eigenvalue weighted by Crippen LogP contribution is -2.54. The molecule has 21 heavy (non-hydrogen) atoms. The van der Waals surface area contributed by atoms with Gasteiger partial charge in [-0.25, -0.2) is 0 Å². The summed E-state index contributed by atoms with van der Waals surface area (Å²) in [5.41, 5.74) is 2.56. The summed E-state index contributed by atoms with van der Waals surface area (Å²) in [5, 5.41) is 11.9. The number of hydrogen-bond acceptors (Lipinski definition) is 4. The standard InChI is InChI=1S/C16H21N3O2/c1-3-6-18-16(20)15-11-21-8-7-19(15)14-5-4-13(10-17)12(2)9-14/h4-5,9,15H,3,6-8,11H2,1-2H3,(H,18,20). The van der Waals surface area contributed by atoms with Crippen molar-refractivity contribution in [1.82, 2.24) is 5.32 Å². The summed E-state index contributed by atoms with van der Waals surface area (Å²) in [5.74, 6) is -0.00133. The Bertz CT molecular complexity index is 551. The minimum Gasteiger partial charge on any atom is -0.377 e. The molecule has 1 amide bonds. The van der Waals surface area contributed by atoms with Crippen molar-refractivity contribution in [3.63, 3.8) is 0 Å². The van der Waals surface area contributed by atoms with Crippen LogP contribution in [-0.2, 0) is 9.53 Å². The molecule has 0 spiro atoms. The van der Waals surface area contributed by atoms with Crippen molar-refractivity contribution in [1.29, 1.82) is 5.26 Å². The van der Waals surface area contributed by atoms with Crippen LogP contribution in [0.25, 0.3) is 0 Å². The Morgan fingerprint density at radius 1 is 1.57 bits per heavy atom. The Labute approximate surface area is 125 Å². The number of carbonyl (C=O) groups is 1. The summed E-state index contributed by atoms with van der Waals surface area (Å²) in [6, 6.07) is 7.53. The fourth-order valence-corrected chi connectivity index (χ4v) is 2.45. The molecule has 5 nitrogen and oxygen atoms in total. The molecular formula is C16H21N3O2. The second-order valence-corrected chi connectivity index (χ2v) is 5.19. The van der Waals surface area contributed by atoms with Gasteiger partial charge in [0.05, 0.1) is 24.8 Å². The third kappa shape index (κ3) is 3.53. The van der Waals surface area contributed by atoms with Crippen LogP contribution in [0.15, 0.2) is 18.2 Å². The number of amides is 1. The average Bonchev–Trinajstić information content (AvgIpc) is 2.52. The van der Waals surface area contributed by atoms with Gasteiger partial charge in [-0.05, 0) is 37.1 Å². The van der Waals surface area contributed by atoms with Crippen LogP contribution in [0.3, 0.4) is 0 Å². The van der Waals surface area contributed by atoms with Gasteiger partial charge in [-0.1, -0.05) is 6.92 Å². The average molecular weight is 287 g/mol. The van der Waals surface area contributed by atoms with E-state index in [0.717, 1.165) is 17.7 Å². The summed E-state index contributed by atoms with van der Waals surface area (Å²) >= 11 is 0. The van der Waals surface area contributed by atoms with E-state index in [9.17, 15) is 4.79 Å². The molecule has 1 aliphatic heterocycles. The largest absolute Gasteiger partial charge is 0.377 e. The van der Waals surface area contributed by atoms with E-state index in [0.29, 0.717) is 31.9 Å². The van der Waals surface area contributed by atoms with Gasteiger partial charge in [-0.3, -0.25) is 4.79 Å². The van der Waals surface area contributed by atoms with Crippen molar-refractivity contribution < 1.29 is 9.53 Å². The fraction of sp³-hybridized carbons (Fsp3) is 0.500. The molecule has 1 N–H and O–H groups in total. The molecule has 0 radical (unpaired) electrons. The van der Waals surface area contributed by atoms with Crippen LogP contribution >= 0.6 is 0 Å². The van der Waals surface area contributed by atoms with Crippen LogP contribution in [0.1, 0.15) is 24.5 Å². The Hall–Kier alpha value is -2.06. The van der Waals surface area contributed by atoms with E-state index in [1.54, 1.807) is 6.07 Å². The first kappa shape index (κ1) is 15.3. The third-order valence-corrected chi connectivity index (χ3v) is 3.64. The van der Waals surface area contributed by atoms with E-state index in [2.05, 4.69) is 16.3 Å². The maximum Gasteiger partial charge on any atom is 0.245 e. The quantitative estimate of drug-likeness (QED) is 0.913. The fourth-order valence-electron chi connectivity index (χ4n) is 2.45. The number of morpholine rings is 1. The summed E-state index contributed by atoms with van der Waals surface area (Å²) < 4.78 is 5.46. The Morgan fingerprint density at radius 2 is 2.38 bits per heavy atom. The molecular weight excluding hydrogens is 266 g/mol. The summed E-state index contributed by atoms with van der Waals surface area (Å²) in [4.78, 5) is 14.3. The first-order valence-electron chi connectivity index (χ1n) is 7.30. The van der Waals surface area contributed by atoms with E-state index in [1.165, 1.54) is 0 Å². The number of nitrogens with one attached hydrogen (secondary N) is 1. The molecule has 5 heteroatoms. The molecule has 1 saturated heterocycles. The van der Waals surface area contributed by atoms with Gasteiger partial charge in [-0.2, -0.15) is 5.26 Å². The summed E-state index contributed by atoms with van der Waals surface area (Å²) in [6.07, 6.45) is 0.912. The highest BCUT2D eigenvalue weighted by Crippen LogP contribution is 2.23. The minimum absolute atomic E-state index is 0.00133. The number of aryl methyl sites for hydroxylation is 1. The van der Waals surface area contributed by atoms with Gasteiger partial charge < -0.3 is 15.0 Å². The molecule has 0 saturated carbocycles. The summed E-state index contributed by atoms with van der Waals surface area (Å²) in [7, 11) is 0. The van der Waals surface area contributed by atoms with Crippen LogP contribution in [0.4, 0.5) is 5.69 Å². The monoisotopic (exact) mass is 287 g/mol. The molecule has 0 aliphatic carbocycles. The van der Waals surface area contributed by atoms with Gasteiger partial charge in [0.1, 0.15) is 6.04 Å². The molecule has 1 aromatic carbocycles. The lowest BCUT2D eigenvalue weighted by atomic mass is 10.1. The molecule has 1 unspecified atom stereocenters. The number of hydrogen-bond donors (Lipinski definition) is 1. The van der Waals surface area contributed by atoms with Gasteiger partial charge in [-0.15, -0.1) is 0 Å². The van der Waals surface area contributed by atoms with Crippen LogP contribution in [0.5, 0.6) is 0 Å². The van der Waals surface area contributed by atoms with E-state index >= 15 is 0 Å². The number of benzene rings is 1. The Morgan fingerprint density at radius 3 is 3.05 bits per heavy atom. The number of carbonyl (C=O) groups excluding carboxylic acids is 1.